The molecule has 2 unspecified atom stereocenters. The van der Waals surface area contributed by atoms with Gasteiger partial charge in [0, 0.05) is 7.05 Å². The van der Waals surface area contributed by atoms with Crippen LogP contribution in [0.5, 0.6) is 0 Å². The van der Waals surface area contributed by atoms with Crippen molar-refractivity contribution in [2.45, 2.75) is 25.4 Å². The summed E-state index contributed by atoms with van der Waals surface area (Å²) in [5.41, 5.74) is 1.23. The lowest BCUT2D eigenvalue weighted by Gasteiger charge is -2.16. The van der Waals surface area contributed by atoms with Gasteiger partial charge in [0.1, 0.15) is 12.4 Å². The third-order valence-corrected chi connectivity index (χ3v) is 2.99. The van der Waals surface area contributed by atoms with E-state index in [1.165, 1.54) is 11.9 Å². The van der Waals surface area contributed by atoms with E-state index in [-0.39, 0.29) is 0 Å². The van der Waals surface area contributed by atoms with Crippen molar-refractivity contribution in [3.05, 3.63) is 48.0 Å². The van der Waals surface area contributed by atoms with Gasteiger partial charge in [-0.25, -0.2) is 4.98 Å². The molecule has 0 fully saturated rings. The maximum atomic E-state index is 10.1. The normalized spacial score (nSPS) is 14.5. The molecule has 1 aromatic carbocycles. The molecule has 2 rings (SSSR count). The molecule has 1 N–H and O–H groups in total. The SMILES string of the molecule is CC(CC(O)c1ncnn1C)c1ccccc1. The number of hydrogen-bond donors (Lipinski definition) is 1. The molecule has 0 bridgehead atoms. The van der Waals surface area contributed by atoms with Crippen LogP contribution in [0, 0.1) is 0 Å². The Balaban J connectivity index is 2.05. The average Bonchev–Trinajstić information content (AvgIpc) is 2.76. The molecule has 2 atom stereocenters. The number of nitrogens with zero attached hydrogens (tertiary/aromatic N) is 3. The summed E-state index contributed by atoms with van der Waals surface area (Å²) >= 11 is 0. The number of aliphatic hydroxyl groups is 1. The molecule has 0 spiro atoms. The summed E-state index contributed by atoms with van der Waals surface area (Å²) in [5.74, 6) is 0.913. The minimum atomic E-state index is -0.572. The summed E-state index contributed by atoms with van der Waals surface area (Å²) in [6, 6.07) is 10.2. The zero-order valence-electron chi connectivity index (χ0n) is 10.1. The lowest BCUT2D eigenvalue weighted by Crippen LogP contribution is -2.09. The largest absolute Gasteiger partial charge is 0.385 e. The number of hydrogen-bond acceptors (Lipinski definition) is 3. The van der Waals surface area contributed by atoms with Crippen molar-refractivity contribution in [1.29, 1.82) is 0 Å². The summed E-state index contributed by atoms with van der Waals surface area (Å²) in [6.07, 6.45) is 1.54. The molecule has 90 valence electrons. The van der Waals surface area contributed by atoms with Gasteiger partial charge in [0.15, 0.2) is 5.82 Å². The van der Waals surface area contributed by atoms with Crippen molar-refractivity contribution < 1.29 is 5.11 Å². The number of rotatable bonds is 4. The quantitative estimate of drug-likeness (QED) is 0.876. The molecule has 0 aliphatic rings. The summed E-state index contributed by atoms with van der Waals surface area (Å²) in [4.78, 5) is 4.06. The van der Waals surface area contributed by atoms with Gasteiger partial charge in [-0.1, -0.05) is 37.3 Å². The van der Waals surface area contributed by atoms with Gasteiger partial charge in [-0.2, -0.15) is 5.10 Å². The standard InChI is InChI=1S/C13H17N3O/c1-10(11-6-4-3-5-7-11)8-12(17)13-14-9-15-16(13)2/h3-7,9-10,12,17H,8H2,1-2H3. The van der Waals surface area contributed by atoms with Crippen molar-refractivity contribution in [2.24, 2.45) is 7.05 Å². The molecule has 17 heavy (non-hydrogen) atoms. The van der Waals surface area contributed by atoms with E-state index in [0.717, 1.165) is 0 Å². The van der Waals surface area contributed by atoms with Gasteiger partial charge in [-0.05, 0) is 17.9 Å². The molecule has 4 nitrogen and oxygen atoms in total. The van der Waals surface area contributed by atoms with Crippen LogP contribution in [-0.2, 0) is 7.05 Å². The monoisotopic (exact) mass is 231 g/mol. The Labute approximate surface area is 101 Å². The molecule has 0 radical (unpaired) electrons. The van der Waals surface area contributed by atoms with Crippen molar-refractivity contribution in [2.75, 3.05) is 0 Å². The number of aromatic nitrogens is 3. The van der Waals surface area contributed by atoms with Crippen LogP contribution in [0.4, 0.5) is 0 Å². The van der Waals surface area contributed by atoms with E-state index in [0.29, 0.717) is 18.2 Å². The van der Waals surface area contributed by atoms with E-state index in [1.54, 1.807) is 11.7 Å². The Kier molecular flexibility index (Phi) is 3.54. The minimum absolute atomic E-state index is 0.294. The van der Waals surface area contributed by atoms with Crippen LogP contribution in [0.1, 0.15) is 36.8 Å². The van der Waals surface area contributed by atoms with Crippen LogP contribution >= 0.6 is 0 Å². The van der Waals surface area contributed by atoms with Gasteiger partial charge in [0.05, 0.1) is 0 Å². The van der Waals surface area contributed by atoms with Crippen LogP contribution in [-0.4, -0.2) is 19.9 Å². The Bertz CT molecular complexity index is 467. The fourth-order valence-electron chi connectivity index (χ4n) is 1.96. The van der Waals surface area contributed by atoms with E-state index in [4.69, 9.17) is 0 Å². The van der Waals surface area contributed by atoms with Crippen molar-refractivity contribution >= 4 is 0 Å². The van der Waals surface area contributed by atoms with Gasteiger partial charge in [-0.15, -0.1) is 0 Å². The molecular weight excluding hydrogens is 214 g/mol. The van der Waals surface area contributed by atoms with Crippen LogP contribution in [0.2, 0.25) is 0 Å². The predicted molar refractivity (Wildman–Crippen MR) is 65.4 cm³/mol. The highest BCUT2D eigenvalue weighted by Crippen LogP contribution is 2.26. The summed E-state index contributed by atoms with van der Waals surface area (Å²) in [6.45, 7) is 2.11. The van der Waals surface area contributed by atoms with Crippen LogP contribution < -0.4 is 0 Å². The molecule has 4 heteroatoms. The zero-order chi connectivity index (χ0) is 12.3. The van der Waals surface area contributed by atoms with Gasteiger partial charge < -0.3 is 5.11 Å². The van der Waals surface area contributed by atoms with Crippen LogP contribution in [0.3, 0.4) is 0 Å². The molecule has 0 aliphatic heterocycles. The maximum absolute atomic E-state index is 10.1. The lowest BCUT2D eigenvalue weighted by atomic mass is 9.95. The second-order valence-corrected chi connectivity index (χ2v) is 4.31. The second-order valence-electron chi connectivity index (χ2n) is 4.31. The second kappa shape index (κ2) is 5.10. The van der Waals surface area contributed by atoms with Crippen LogP contribution in [0.15, 0.2) is 36.7 Å². The van der Waals surface area contributed by atoms with Gasteiger partial charge in [-0.3, -0.25) is 4.68 Å². The summed E-state index contributed by atoms with van der Waals surface area (Å²) in [7, 11) is 1.79. The average molecular weight is 231 g/mol. The Morgan fingerprint density at radius 1 is 1.29 bits per heavy atom. The zero-order valence-corrected chi connectivity index (χ0v) is 10.1. The molecule has 1 heterocycles. The number of aliphatic hydroxyl groups excluding tert-OH is 1. The predicted octanol–water partition coefficient (Wildman–Crippen LogP) is 2.04. The van der Waals surface area contributed by atoms with E-state index in [9.17, 15) is 5.11 Å². The summed E-state index contributed by atoms with van der Waals surface area (Å²) < 4.78 is 1.61. The first-order valence-corrected chi connectivity index (χ1v) is 5.75. The van der Waals surface area contributed by atoms with Crippen molar-refractivity contribution in [1.82, 2.24) is 14.8 Å². The van der Waals surface area contributed by atoms with Gasteiger partial charge in [0.2, 0.25) is 0 Å². The Morgan fingerprint density at radius 3 is 2.59 bits per heavy atom. The van der Waals surface area contributed by atoms with Gasteiger partial charge >= 0.3 is 0 Å². The highest BCUT2D eigenvalue weighted by atomic mass is 16.3. The Morgan fingerprint density at radius 2 is 2.00 bits per heavy atom. The minimum Gasteiger partial charge on any atom is -0.385 e. The van der Waals surface area contributed by atoms with Crippen molar-refractivity contribution in [3.8, 4) is 0 Å². The highest BCUT2D eigenvalue weighted by molar-refractivity contribution is 5.19. The van der Waals surface area contributed by atoms with Crippen LogP contribution in [0.25, 0.3) is 0 Å². The lowest BCUT2D eigenvalue weighted by molar-refractivity contribution is 0.145. The molecule has 2 aromatic rings. The first kappa shape index (κ1) is 11.8. The highest BCUT2D eigenvalue weighted by Gasteiger charge is 2.17. The molecule has 0 aliphatic carbocycles. The maximum Gasteiger partial charge on any atom is 0.155 e. The topological polar surface area (TPSA) is 50.9 Å². The fraction of sp³-hybridized carbons (Fsp3) is 0.385. The number of benzene rings is 1. The Hall–Kier alpha value is -1.68. The first-order chi connectivity index (χ1) is 8.18. The molecule has 0 saturated heterocycles. The van der Waals surface area contributed by atoms with E-state index >= 15 is 0 Å². The molecule has 0 saturated carbocycles. The fourth-order valence-corrected chi connectivity index (χ4v) is 1.96. The van der Waals surface area contributed by atoms with Crippen molar-refractivity contribution in [3.63, 3.8) is 0 Å². The molecular formula is C13H17N3O. The number of aryl methyl sites for hydroxylation is 1. The smallest absolute Gasteiger partial charge is 0.155 e. The summed E-state index contributed by atoms with van der Waals surface area (Å²) in [5, 5.41) is 14.1. The molecule has 1 aromatic heterocycles. The third-order valence-electron chi connectivity index (χ3n) is 2.99. The van der Waals surface area contributed by atoms with E-state index < -0.39 is 6.10 Å². The van der Waals surface area contributed by atoms with E-state index in [2.05, 4.69) is 29.1 Å². The van der Waals surface area contributed by atoms with E-state index in [1.807, 2.05) is 18.2 Å². The molecule has 0 amide bonds. The third kappa shape index (κ3) is 2.71. The first-order valence-electron chi connectivity index (χ1n) is 5.75. The van der Waals surface area contributed by atoms with Gasteiger partial charge in [0.25, 0.3) is 0 Å².